The molecule has 130 valence electrons. The Morgan fingerprint density at radius 2 is 1.84 bits per heavy atom. The van der Waals surface area contributed by atoms with Crippen molar-refractivity contribution in [2.45, 2.75) is 20.8 Å². The zero-order chi connectivity index (χ0) is 18.3. The van der Waals surface area contributed by atoms with E-state index < -0.39 is 0 Å². The number of nitrogens with zero attached hydrogens (tertiary/aromatic N) is 2. The summed E-state index contributed by atoms with van der Waals surface area (Å²) < 4.78 is 7.36. The van der Waals surface area contributed by atoms with Gasteiger partial charge in [-0.3, -0.25) is 0 Å². The molecule has 0 atom stereocenters. The molecule has 4 N–H and O–H groups in total. The minimum atomic E-state index is -0.0515. The van der Waals surface area contributed by atoms with Crippen LogP contribution < -0.4 is 5.73 Å². The fourth-order valence-electron chi connectivity index (χ4n) is 3.01. The summed E-state index contributed by atoms with van der Waals surface area (Å²) >= 11 is 6.61. The molecule has 0 bridgehead atoms. The fourth-order valence-corrected chi connectivity index (χ4v) is 3.29. The van der Waals surface area contributed by atoms with Crippen molar-refractivity contribution in [2.75, 3.05) is 0 Å². The Hall–Kier alpha value is -2.86. The van der Waals surface area contributed by atoms with Crippen molar-refractivity contribution >= 4 is 17.4 Å². The maximum Gasteiger partial charge on any atom is 0.187 e. The van der Waals surface area contributed by atoms with Crippen LogP contribution in [0.1, 0.15) is 22.6 Å². The molecule has 1 aromatic carbocycles. The van der Waals surface area contributed by atoms with E-state index in [1.807, 2.05) is 18.4 Å². The van der Waals surface area contributed by atoms with Gasteiger partial charge in [-0.1, -0.05) is 16.8 Å². The van der Waals surface area contributed by atoms with Gasteiger partial charge in [0.15, 0.2) is 5.84 Å². The number of amidine groups is 1. The highest BCUT2D eigenvalue weighted by molar-refractivity contribution is 6.35. The van der Waals surface area contributed by atoms with Gasteiger partial charge < -0.3 is 25.0 Å². The average Bonchev–Trinajstić information content (AvgIpc) is 3.05. The molecule has 0 aliphatic rings. The molecule has 6 nitrogen and oxygen atoms in total. The minimum absolute atomic E-state index is 0.0515. The van der Waals surface area contributed by atoms with Crippen LogP contribution in [0, 0.1) is 20.8 Å². The summed E-state index contributed by atoms with van der Waals surface area (Å²) in [5.41, 5.74) is 10.2. The highest BCUT2D eigenvalue weighted by atomic mass is 35.5. The van der Waals surface area contributed by atoms with Crippen LogP contribution in [0.25, 0.3) is 16.9 Å². The van der Waals surface area contributed by atoms with E-state index in [9.17, 15) is 10.3 Å². The molecule has 0 fully saturated rings. The van der Waals surface area contributed by atoms with Crippen LogP contribution in [0.15, 0.2) is 40.1 Å². The van der Waals surface area contributed by atoms with Crippen molar-refractivity contribution in [3.63, 3.8) is 0 Å². The molecular formula is C18H18ClN3O3. The van der Waals surface area contributed by atoms with E-state index in [1.54, 1.807) is 37.5 Å². The maximum atomic E-state index is 9.57. The number of rotatable bonds is 3. The first-order valence-electron chi connectivity index (χ1n) is 7.60. The number of nitrogens with two attached hydrogens (primary N) is 1. The summed E-state index contributed by atoms with van der Waals surface area (Å²) in [6.07, 6.45) is 1.64. The molecular weight excluding hydrogens is 342 g/mol. The number of aromatic hydroxyl groups is 1. The summed E-state index contributed by atoms with van der Waals surface area (Å²) in [6.45, 7) is 5.55. The third kappa shape index (κ3) is 2.64. The number of phenols is 1. The van der Waals surface area contributed by atoms with Crippen molar-refractivity contribution < 1.29 is 14.7 Å². The van der Waals surface area contributed by atoms with Crippen molar-refractivity contribution in [2.24, 2.45) is 10.9 Å². The van der Waals surface area contributed by atoms with E-state index >= 15 is 0 Å². The molecule has 0 saturated heterocycles. The average molecular weight is 360 g/mol. The zero-order valence-corrected chi connectivity index (χ0v) is 14.8. The molecule has 25 heavy (non-hydrogen) atoms. The molecule has 0 saturated carbocycles. The zero-order valence-electron chi connectivity index (χ0n) is 14.0. The standard InChI is InChI=1S/C18H18ClN3O3/c1-9-8-25-11(3)15(9)22-16(18(20)21-24)10(2)14(19)17(22)12-4-6-13(23)7-5-12/h4-8,23-24H,1-3H3,(H2,20,21). The molecule has 2 aromatic heterocycles. The second kappa shape index (κ2) is 6.22. The normalized spacial score (nSPS) is 11.9. The number of furan rings is 1. The smallest absolute Gasteiger partial charge is 0.187 e. The SMILES string of the molecule is Cc1coc(C)c1-n1c(/C(N)=N/O)c(C)c(Cl)c1-c1ccc(O)cc1. The number of oxime groups is 1. The lowest BCUT2D eigenvalue weighted by atomic mass is 10.1. The second-order valence-electron chi connectivity index (χ2n) is 5.83. The van der Waals surface area contributed by atoms with Crippen LogP contribution in [0.5, 0.6) is 5.75 Å². The van der Waals surface area contributed by atoms with Crippen molar-refractivity contribution in [3.8, 4) is 22.7 Å². The number of hydrogen-bond donors (Lipinski definition) is 3. The lowest BCUT2D eigenvalue weighted by Crippen LogP contribution is -2.19. The van der Waals surface area contributed by atoms with Gasteiger partial charge in [0.2, 0.25) is 0 Å². The van der Waals surface area contributed by atoms with E-state index in [-0.39, 0.29) is 11.6 Å². The van der Waals surface area contributed by atoms with Gasteiger partial charge in [-0.2, -0.15) is 0 Å². The third-order valence-electron chi connectivity index (χ3n) is 4.17. The molecule has 0 aliphatic carbocycles. The lowest BCUT2D eigenvalue weighted by molar-refractivity contribution is 0.318. The molecule has 3 aromatic rings. The van der Waals surface area contributed by atoms with Gasteiger partial charge >= 0.3 is 0 Å². The fraction of sp³-hybridized carbons (Fsp3) is 0.167. The third-order valence-corrected chi connectivity index (χ3v) is 4.64. The van der Waals surface area contributed by atoms with Crippen LogP contribution in [-0.2, 0) is 0 Å². The van der Waals surface area contributed by atoms with Gasteiger partial charge in [-0.15, -0.1) is 0 Å². The van der Waals surface area contributed by atoms with Gasteiger partial charge in [0.05, 0.1) is 28.4 Å². The molecule has 0 spiro atoms. The summed E-state index contributed by atoms with van der Waals surface area (Å²) in [7, 11) is 0. The highest BCUT2D eigenvalue weighted by Gasteiger charge is 2.26. The Labute approximate surface area is 149 Å². The first kappa shape index (κ1) is 17.0. The summed E-state index contributed by atoms with van der Waals surface area (Å²) in [4.78, 5) is 0. The number of phenolic OH excluding ortho intramolecular Hbond substituents is 1. The van der Waals surface area contributed by atoms with Crippen LogP contribution in [0.3, 0.4) is 0 Å². The van der Waals surface area contributed by atoms with Crippen molar-refractivity contribution in [1.82, 2.24) is 4.57 Å². The van der Waals surface area contributed by atoms with Crippen LogP contribution >= 0.6 is 11.6 Å². The summed E-state index contributed by atoms with van der Waals surface area (Å²) in [5, 5.41) is 22.4. The number of aromatic nitrogens is 1. The van der Waals surface area contributed by atoms with E-state index in [0.29, 0.717) is 27.7 Å². The topological polar surface area (TPSA) is 96.9 Å². The minimum Gasteiger partial charge on any atom is -0.508 e. The van der Waals surface area contributed by atoms with Crippen LogP contribution in [0.4, 0.5) is 0 Å². The maximum absolute atomic E-state index is 9.57. The van der Waals surface area contributed by atoms with Gasteiger partial charge in [0, 0.05) is 11.1 Å². The predicted octanol–water partition coefficient (Wildman–Crippen LogP) is 4.12. The molecule has 0 aliphatic heterocycles. The van der Waals surface area contributed by atoms with E-state index in [2.05, 4.69) is 5.16 Å². The van der Waals surface area contributed by atoms with Gasteiger partial charge in [-0.05, 0) is 50.6 Å². The molecule has 0 radical (unpaired) electrons. The lowest BCUT2D eigenvalue weighted by Gasteiger charge is -2.14. The quantitative estimate of drug-likeness (QED) is 0.283. The molecule has 7 heteroatoms. The number of benzene rings is 1. The highest BCUT2D eigenvalue weighted by Crippen LogP contribution is 2.40. The van der Waals surface area contributed by atoms with Crippen molar-refractivity contribution in [1.29, 1.82) is 0 Å². The Bertz CT molecular complexity index is 949. The first-order chi connectivity index (χ1) is 11.9. The Morgan fingerprint density at radius 1 is 1.20 bits per heavy atom. The molecule has 2 heterocycles. The van der Waals surface area contributed by atoms with Gasteiger partial charge in [0.25, 0.3) is 0 Å². The van der Waals surface area contributed by atoms with Crippen LogP contribution in [-0.4, -0.2) is 20.7 Å². The van der Waals surface area contributed by atoms with Crippen LogP contribution in [0.2, 0.25) is 5.02 Å². The number of halogens is 1. The number of aryl methyl sites for hydroxylation is 2. The van der Waals surface area contributed by atoms with Gasteiger partial charge in [-0.25, -0.2) is 0 Å². The second-order valence-corrected chi connectivity index (χ2v) is 6.21. The monoisotopic (exact) mass is 359 g/mol. The molecule has 0 unspecified atom stereocenters. The van der Waals surface area contributed by atoms with E-state index in [1.165, 1.54) is 0 Å². The van der Waals surface area contributed by atoms with Gasteiger partial charge in [0.1, 0.15) is 11.5 Å². The summed E-state index contributed by atoms with van der Waals surface area (Å²) in [5.74, 6) is 0.780. The number of hydrogen-bond acceptors (Lipinski definition) is 4. The predicted molar refractivity (Wildman–Crippen MR) is 96.9 cm³/mol. The summed E-state index contributed by atoms with van der Waals surface area (Å²) in [6, 6.07) is 6.67. The van der Waals surface area contributed by atoms with E-state index in [0.717, 1.165) is 16.8 Å². The largest absolute Gasteiger partial charge is 0.508 e. The molecule has 3 rings (SSSR count). The Morgan fingerprint density at radius 3 is 2.36 bits per heavy atom. The Kier molecular flexibility index (Phi) is 4.22. The van der Waals surface area contributed by atoms with Crippen molar-refractivity contribution in [3.05, 3.63) is 58.1 Å². The first-order valence-corrected chi connectivity index (χ1v) is 7.97. The Balaban J connectivity index is 2.45. The van der Waals surface area contributed by atoms with E-state index in [4.69, 9.17) is 21.8 Å². The molecule has 0 amide bonds.